The van der Waals surface area contributed by atoms with E-state index in [2.05, 4.69) is 15.0 Å². The Morgan fingerprint density at radius 3 is 3.00 bits per heavy atom. The van der Waals surface area contributed by atoms with Crippen molar-refractivity contribution in [1.29, 1.82) is 0 Å². The van der Waals surface area contributed by atoms with Crippen molar-refractivity contribution in [3.63, 3.8) is 0 Å². The van der Waals surface area contributed by atoms with E-state index in [0.717, 1.165) is 0 Å². The number of anilines is 1. The van der Waals surface area contributed by atoms with Crippen molar-refractivity contribution in [2.45, 2.75) is 18.4 Å². The number of hydrogen-bond acceptors (Lipinski definition) is 9. The lowest BCUT2D eigenvalue weighted by atomic mass is 9.99. The highest BCUT2D eigenvalue weighted by molar-refractivity contribution is 5.70. The van der Waals surface area contributed by atoms with Crippen LogP contribution in [-0.4, -0.2) is 75.5 Å². The average molecular weight is 355 g/mol. The number of aliphatic hydroxyl groups excluding tert-OH is 2. The number of nitrogens with zero attached hydrogens (tertiary/aromatic N) is 3. The molecule has 1 fully saturated rings. The monoisotopic (exact) mass is 355 g/mol. The van der Waals surface area contributed by atoms with Gasteiger partial charge in [0.2, 0.25) is 5.95 Å². The van der Waals surface area contributed by atoms with Crippen LogP contribution in [0, 0.1) is 5.92 Å². The smallest absolute Gasteiger partial charge is 0.280 e. The lowest BCUT2D eigenvalue weighted by molar-refractivity contribution is -0.0504. The molecular weight excluding hydrogens is 334 g/mol. The van der Waals surface area contributed by atoms with E-state index < -0.39 is 29.9 Å². The first-order valence-electron chi connectivity index (χ1n) is 7.80. The van der Waals surface area contributed by atoms with Gasteiger partial charge < -0.3 is 30.2 Å². The highest BCUT2D eigenvalue weighted by atomic mass is 16.6. The maximum Gasteiger partial charge on any atom is 0.280 e. The standard InChI is InChI=1S/C14H21N5O6/c1-23-2-3-24-5-7-8(4-20)25-13(10(7)21)19-6-16-9-11(19)17-14(15)18-12(9)22/h6-8,10,13,20-21H,2-5H2,1H3,(H3,15,17,18,22)/t7-,8?,10-,13-/m1/s1. The van der Waals surface area contributed by atoms with E-state index in [4.69, 9.17) is 19.9 Å². The van der Waals surface area contributed by atoms with Crippen molar-refractivity contribution in [3.05, 3.63) is 16.7 Å². The van der Waals surface area contributed by atoms with Crippen LogP contribution in [0.25, 0.3) is 11.2 Å². The molecule has 3 rings (SSSR count). The van der Waals surface area contributed by atoms with Gasteiger partial charge in [-0.1, -0.05) is 0 Å². The van der Waals surface area contributed by atoms with Gasteiger partial charge in [0.25, 0.3) is 5.56 Å². The summed E-state index contributed by atoms with van der Waals surface area (Å²) >= 11 is 0. The number of H-pyrrole nitrogens is 1. The third-order valence-electron chi connectivity index (χ3n) is 4.17. The van der Waals surface area contributed by atoms with E-state index in [1.165, 1.54) is 10.9 Å². The third-order valence-corrected chi connectivity index (χ3v) is 4.17. The van der Waals surface area contributed by atoms with Gasteiger partial charge in [0, 0.05) is 13.0 Å². The Hall–Kier alpha value is -2.05. The summed E-state index contributed by atoms with van der Waals surface area (Å²) in [5.41, 5.74) is 5.38. The number of nitrogens with one attached hydrogen (secondary N) is 1. The first kappa shape index (κ1) is 17.8. The van der Waals surface area contributed by atoms with Crippen molar-refractivity contribution in [2.75, 3.05) is 39.3 Å². The average Bonchev–Trinajstić information content (AvgIpc) is 3.13. The molecule has 138 valence electrons. The quantitative estimate of drug-likeness (QED) is 0.422. The molecule has 4 atom stereocenters. The molecule has 0 spiro atoms. The second-order valence-corrected chi connectivity index (χ2v) is 5.75. The fraction of sp³-hybridized carbons (Fsp3) is 0.643. The van der Waals surface area contributed by atoms with Gasteiger partial charge in [-0.15, -0.1) is 0 Å². The van der Waals surface area contributed by atoms with Crippen LogP contribution < -0.4 is 11.3 Å². The lowest BCUT2D eigenvalue weighted by Crippen LogP contribution is -2.32. The fourth-order valence-corrected chi connectivity index (χ4v) is 2.90. The molecule has 2 aromatic rings. The van der Waals surface area contributed by atoms with E-state index in [1.54, 1.807) is 7.11 Å². The minimum absolute atomic E-state index is 0.0649. The second-order valence-electron chi connectivity index (χ2n) is 5.75. The molecule has 0 amide bonds. The Morgan fingerprint density at radius 1 is 1.48 bits per heavy atom. The normalized spacial score (nSPS) is 26.5. The van der Waals surface area contributed by atoms with Crippen LogP contribution in [0.3, 0.4) is 0 Å². The van der Waals surface area contributed by atoms with Crippen LogP contribution in [0.5, 0.6) is 0 Å². The van der Waals surface area contributed by atoms with Crippen LogP contribution in [0.2, 0.25) is 0 Å². The number of aromatic nitrogens is 4. The van der Waals surface area contributed by atoms with Crippen LogP contribution >= 0.6 is 0 Å². The molecule has 25 heavy (non-hydrogen) atoms. The van der Waals surface area contributed by atoms with Crippen molar-refractivity contribution in [3.8, 4) is 0 Å². The minimum atomic E-state index is -0.987. The number of aliphatic hydroxyl groups is 2. The summed E-state index contributed by atoms with van der Waals surface area (Å²) < 4.78 is 17.5. The largest absolute Gasteiger partial charge is 0.394 e. The summed E-state index contributed by atoms with van der Waals surface area (Å²) in [6.07, 6.45) is -1.13. The molecular formula is C14H21N5O6. The van der Waals surface area contributed by atoms with Crippen LogP contribution in [0.15, 0.2) is 11.1 Å². The van der Waals surface area contributed by atoms with Crippen LogP contribution in [0.1, 0.15) is 6.23 Å². The van der Waals surface area contributed by atoms with Gasteiger partial charge in [-0.25, -0.2) is 4.98 Å². The van der Waals surface area contributed by atoms with E-state index in [9.17, 15) is 15.0 Å². The number of ether oxygens (including phenoxy) is 3. The Bertz CT molecular complexity index is 777. The van der Waals surface area contributed by atoms with E-state index >= 15 is 0 Å². The van der Waals surface area contributed by atoms with Gasteiger partial charge in [-0.3, -0.25) is 14.3 Å². The molecule has 1 saturated heterocycles. The molecule has 1 aliphatic heterocycles. The minimum Gasteiger partial charge on any atom is -0.394 e. The predicted molar refractivity (Wildman–Crippen MR) is 85.7 cm³/mol. The SMILES string of the molecule is COCCOC[C@@H]1C(CO)O[C@@H](n2cnc3c(=O)[nH]c(N)nc32)[C@@H]1O. The molecule has 2 aromatic heterocycles. The molecule has 0 aromatic carbocycles. The number of fused-ring (bicyclic) bond motifs is 1. The Kier molecular flexibility index (Phi) is 5.30. The van der Waals surface area contributed by atoms with Crippen molar-refractivity contribution in [1.82, 2.24) is 19.5 Å². The Labute approximate surface area is 142 Å². The van der Waals surface area contributed by atoms with Crippen molar-refractivity contribution in [2.24, 2.45) is 5.92 Å². The maximum atomic E-state index is 11.9. The first-order chi connectivity index (χ1) is 12.1. The lowest BCUT2D eigenvalue weighted by Gasteiger charge is -2.19. The maximum absolute atomic E-state index is 11.9. The summed E-state index contributed by atoms with van der Waals surface area (Å²) in [5.74, 6) is -0.520. The Balaban J connectivity index is 1.84. The van der Waals surface area contributed by atoms with Gasteiger partial charge in [0.1, 0.15) is 6.10 Å². The Morgan fingerprint density at radius 2 is 2.28 bits per heavy atom. The number of aromatic amines is 1. The molecule has 5 N–H and O–H groups in total. The van der Waals surface area contributed by atoms with Crippen LogP contribution in [-0.2, 0) is 14.2 Å². The summed E-state index contributed by atoms with van der Waals surface area (Å²) in [6.45, 7) is 0.697. The molecule has 11 nitrogen and oxygen atoms in total. The number of imidazole rings is 1. The van der Waals surface area contributed by atoms with E-state index in [1.807, 2.05) is 0 Å². The summed E-state index contributed by atoms with van der Waals surface area (Å²) in [6, 6.07) is 0. The van der Waals surface area contributed by atoms with Gasteiger partial charge in [-0.2, -0.15) is 4.98 Å². The summed E-state index contributed by atoms with van der Waals surface area (Å²) in [4.78, 5) is 22.3. The van der Waals surface area contributed by atoms with Crippen LogP contribution in [0.4, 0.5) is 5.95 Å². The van der Waals surface area contributed by atoms with E-state index in [-0.39, 0.29) is 30.3 Å². The zero-order chi connectivity index (χ0) is 18.0. The van der Waals surface area contributed by atoms with Gasteiger partial charge in [0.05, 0.1) is 38.9 Å². The zero-order valence-electron chi connectivity index (χ0n) is 13.7. The van der Waals surface area contributed by atoms with Crippen molar-refractivity contribution >= 4 is 17.1 Å². The topological polar surface area (TPSA) is 158 Å². The number of rotatable bonds is 7. The molecule has 3 heterocycles. The van der Waals surface area contributed by atoms with Gasteiger partial charge in [-0.05, 0) is 0 Å². The second kappa shape index (κ2) is 7.45. The molecule has 1 aliphatic rings. The zero-order valence-corrected chi connectivity index (χ0v) is 13.7. The number of hydrogen-bond donors (Lipinski definition) is 4. The number of nitrogen functional groups attached to an aromatic ring is 1. The molecule has 0 bridgehead atoms. The molecule has 11 heteroatoms. The molecule has 0 radical (unpaired) electrons. The first-order valence-corrected chi connectivity index (χ1v) is 7.80. The van der Waals surface area contributed by atoms with E-state index in [0.29, 0.717) is 13.2 Å². The van der Waals surface area contributed by atoms with Crippen molar-refractivity contribution < 1.29 is 24.4 Å². The number of methoxy groups -OCH3 is 1. The molecule has 1 unspecified atom stereocenters. The summed E-state index contributed by atoms with van der Waals surface area (Å²) in [7, 11) is 1.56. The third kappa shape index (κ3) is 3.37. The molecule has 0 aliphatic carbocycles. The van der Waals surface area contributed by atoms with Gasteiger partial charge >= 0.3 is 0 Å². The highest BCUT2D eigenvalue weighted by Gasteiger charge is 2.45. The number of nitrogens with two attached hydrogens (primary N) is 1. The predicted octanol–water partition coefficient (Wildman–Crippen LogP) is -1.77. The fourth-order valence-electron chi connectivity index (χ4n) is 2.90. The highest BCUT2D eigenvalue weighted by Crippen LogP contribution is 2.35. The summed E-state index contributed by atoms with van der Waals surface area (Å²) in [5, 5.41) is 20.2. The van der Waals surface area contributed by atoms with Gasteiger partial charge in [0.15, 0.2) is 17.4 Å². The molecule has 0 saturated carbocycles.